The van der Waals surface area contributed by atoms with E-state index in [4.69, 9.17) is 9.73 Å². The Hall–Kier alpha value is -1.16. The normalized spacial score (nSPS) is 23.3. The molecule has 0 saturated carbocycles. The van der Waals surface area contributed by atoms with E-state index in [1.807, 2.05) is 24.3 Å². The summed E-state index contributed by atoms with van der Waals surface area (Å²) in [7, 11) is 0. The molecule has 2 unspecified atom stereocenters. The lowest BCUT2D eigenvalue weighted by Crippen LogP contribution is -2.20. The van der Waals surface area contributed by atoms with Crippen LogP contribution in [0.3, 0.4) is 0 Å². The van der Waals surface area contributed by atoms with E-state index in [1.54, 1.807) is 11.8 Å². The van der Waals surface area contributed by atoms with Gasteiger partial charge in [-0.1, -0.05) is 31.7 Å². The fourth-order valence-electron chi connectivity index (χ4n) is 1.86. The first-order valence-corrected chi connectivity index (χ1v) is 8.29. The first-order valence-electron chi connectivity index (χ1n) is 7.31. The Kier molecular flexibility index (Phi) is 4.97. The summed E-state index contributed by atoms with van der Waals surface area (Å²) in [6.07, 6.45) is 2.32. The van der Waals surface area contributed by atoms with E-state index in [0.717, 1.165) is 35.2 Å². The van der Waals surface area contributed by atoms with Crippen LogP contribution in [0.1, 0.15) is 40.5 Å². The number of aliphatic imine (C=N–C) groups is 1. The van der Waals surface area contributed by atoms with Gasteiger partial charge in [0.2, 0.25) is 0 Å². The molecule has 1 aromatic carbocycles. The van der Waals surface area contributed by atoms with Crippen LogP contribution in [0, 0.1) is 0 Å². The topological polar surface area (TPSA) is 33.6 Å². The predicted molar refractivity (Wildman–Crippen MR) is 89.0 cm³/mol. The fourth-order valence-corrected chi connectivity index (χ4v) is 3.06. The maximum absolute atomic E-state index is 5.84. The Bertz CT molecular complexity index is 489. The molecule has 20 heavy (non-hydrogen) atoms. The van der Waals surface area contributed by atoms with Crippen LogP contribution in [0.15, 0.2) is 29.3 Å². The van der Waals surface area contributed by atoms with Crippen molar-refractivity contribution in [3.63, 3.8) is 0 Å². The van der Waals surface area contributed by atoms with Crippen molar-refractivity contribution in [2.45, 2.75) is 52.2 Å². The number of anilines is 1. The molecule has 1 heterocycles. The van der Waals surface area contributed by atoms with Gasteiger partial charge in [-0.3, -0.25) is 4.99 Å². The molecule has 0 radical (unpaired) electrons. The van der Waals surface area contributed by atoms with E-state index in [9.17, 15) is 0 Å². The van der Waals surface area contributed by atoms with Gasteiger partial charge < -0.3 is 10.1 Å². The van der Waals surface area contributed by atoms with Crippen molar-refractivity contribution in [2.75, 3.05) is 11.1 Å². The molecule has 0 saturated heterocycles. The lowest BCUT2D eigenvalue weighted by atomic mass is 10.0. The molecule has 1 aliphatic heterocycles. The number of thioether (sulfide) groups is 1. The smallest absolute Gasteiger partial charge is 0.161 e. The van der Waals surface area contributed by atoms with Crippen LogP contribution in [0.5, 0.6) is 5.75 Å². The molecule has 1 aliphatic rings. The predicted octanol–water partition coefficient (Wildman–Crippen LogP) is 4.55. The summed E-state index contributed by atoms with van der Waals surface area (Å²) in [6.45, 7) is 8.61. The van der Waals surface area contributed by atoms with Gasteiger partial charge in [-0.2, -0.15) is 0 Å². The quantitative estimate of drug-likeness (QED) is 0.864. The Morgan fingerprint density at radius 1 is 1.45 bits per heavy atom. The lowest BCUT2D eigenvalue weighted by molar-refractivity contribution is 0.217. The monoisotopic (exact) mass is 292 g/mol. The third kappa shape index (κ3) is 3.92. The minimum atomic E-state index is 0.0812. The molecule has 110 valence electrons. The molecular formula is C16H24N2OS. The van der Waals surface area contributed by atoms with Crippen LogP contribution in [-0.4, -0.2) is 22.6 Å². The van der Waals surface area contributed by atoms with Crippen LogP contribution in [0.4, 0.5) is 5.69 Å². The van der Waals surface area contributed by atoms with Gasteiger partial charge in [-0.05, 0) is 38.8 Å². The summed E-state index contributed by atoms with van der Waals surface area (Å²) in [4.78, 5) is 4.77. The van der Waals surface area contributed by atoms with Crippen molar-refractivity contribution in [1.82, 2.24) is 0 Å². The molecule has 0 aromatic heterocycles. The maximum atomic E-state index is 5.84. The maximum Gasteiger partial charge on any atom is 0.161 e. The summed E-state index contributed by atoms with van der Waals surface area (Å²) < 4.78 is 5.84. The Labute approximate surface area is 126 Å². The van der Waals surface area contributed by atoms with E-state index < -0.39 is 0 Å². The van der Waals surface area contributed by atoms with Gasteiger partial charge in [0, 0.05) is 17.5 Å². The Morgan fingerprint density at radius 3 is 2.90 bits per heavy atom. The first kappa shape index (κ1) is 15.2. The van der Waals surface area contributed by atoms with Gasteiger partial charge >= 0.3 is 0 Å². The van der Waals surface area contributed by atoms with Gasteiger partial charge in [0.25, 0.3) is 0 Å². The molecular weight excluding hydrogens is 268 g/mol. The van der Waals surface area contributed by atoms with E-state index in [1.165, 1.54) is 0 Å². The third-order valence-electron chi connectivity index (χ3n) is 3.65. The summed E-state index contributed by atoms with van der Waals surface area (Å²) >= 11 is 1.79. The Morgan fingerprint density at radius 2 is 2.25 bits per heavy atom. The number of hydrogen-bond acceptors (Lipinski definition) is 4. The summed E-state index contributed by atoms with van der Waals surface area (Å²) in [5, 5.41) is 4.40. The number of nitrogens with zero attached hydrogens (tertiary/aromatic N) is 1. The molecule has 0 amide bonds. The van der Waals surface area contributed by atoms with E-state index in [0.29, 0.717) is 0 Å². The van der Waals surface area contributed by atoms with Gasteiger partial charge in [-0.25, -0.2) is 0 Å². The molecule has 0 aliphatic carbocycles. The number of rotatable bonds is 5. The second kappa shape index (κ2) is 6.53. The van der Waals surface area contributed by atoms with E-state index in [2.05, 4.69) is 33.0 Å². The van der Waals surface area contributed by atoms with Crippen LogP contribution >= 0.6 is 11.8 Å². The van der Waals surface area contributed by atoms with Gasteiger partial charge in [-0.15, -0.1) is 0 Å². The average Bonchev–Trinajstić information content (AvgIpc) is 2.81. The molecule has 4 heteroatoms. The largest absolute Gasteiger partial charge is 0.491 e. The van der Waals surface area contributed by atoms with Crippen molar-refractivity contribution < 1.29 is 4.74 Å². The van der Waals surface area contributed by atoms with Gasteiger partial charge in [0.1, 0.15) is 5.75 Å². The standard InChI is InChI=1S/C16H24N2OS/c1-5-12(3)19-14-9-7-8-13(10-14)17-15-18-16(4,6-2)11-20-15/h7-10,12H,5-6,11H2,1-4H3,(H,17,18). The number of ether oxygens (including phenoxy) is 1. The molecule has 1 aromatic rings. The third-order valence-corrected chi connectivity index (χ3v) is 4.88. The van der Waals surface area contributed by atoms with Crippen molar-refractivity contribution >= 4 is 22.6 Å². The second-order valence-electron chi connectivity index (χ2n) is 5.55. The SMILES string of the molecule is CCC(C)Oc1cccc(NC2=NC(C)(CC)CS2)c1. The number of amidine groups is 1. The zero-order valence-electron chi connectivity index (χ0n) is 12.8. The molecule has 2 rings (SSSR count). The van der Waals surface area contributed by atoms with Crippen LogP contribution in [0.2, 0.25) is 0 Å². The first-order chi connectivity index (χ1) is 9.54. The van der Waals surface area contributed by atoms with Crippen molar-refractivity contribution in [3.05, 3.63) is 24.3 Å². The highest BCUT2D eigenvalue weighted by atomic mass is 32.2. The van der Waals surface area contributed by atoms with E-state index >= 15 is 0 Å². The number of nitrogens with one attached hydrogen (secondary N) is 1. The number of benzene rings is 1. The van der Waals surface area contributed by atoms with Crippen LogP contribution in [0.25, 0.3) is 0 Å². The van der Waals surface area contributed by atoms with Crippen molar-refractivity contribution in [3.8, 4) is 5.75 Å². The Balaban J connectivity index is 2.04. The summed E-state index contributed by atoms with van der Waals surface area (Å²) in [5.41, 5.74) is 1.12. The highest BCUT2D eigenvalue weighted by Gasteiger charge is 2.28. The zero-order chi connectivity index (χ0) is 14.6. The molecule has 1 N–H and O–H groups in total. The van der Waals surface area contributed by atoms with Crippen molar-refractivity contribution in [1.29, 1.82) is 0 Å². The van der Waals surface area contributed by atoms with Crippen LogP contribution in [-0.2, 0) is 0 Å². The lowest BCUT2D eigenvalue weighted by Gasteiger charge is -2.15. The minimum Gasteiger partial charge on any atom is -0.491 e. The fraction of sp³-hybridized carbons (Fsp3) is 0.562. The molecule has 0 bridgehead atoms. The zero-order valence-corrected chi connectivity index (χ0v) is 13.6. The van der Waals surface area contributed by atoms with Gasteiger partial charge in [0.15, 0.2) is 5.17 Å². The second-order valence-corrected chi connectivity index (χ2v) is 6.51. The molecule has 3 nitrogen and oxygen atoms in total. The van der Waals surface area contributed by atoms with Gasteiger partial charge in [0.05, 0.1) is 11.6 Å². The molecule has 0 spiro atoms. The summed E-state index contributed by atoms with van der Waals surface area (Å²) in [6, 6.07) is 8.10. The summed E-state index contributed by atoms with van der Waals surface area (Å²) in [5.74, 6) is 1.96. The van der Waals surface area contributed by atoms with E-state index in [-0.39, 0.29) is 11.6 Å². The molecule has 0 fully saturated rings. The average molecular weight is 292 g/mol. The number of hydrogen-bond donors (Lipinski definition) is 1. The van der Waals surface area contributed by atoms with Crippen LogP contribution < -0.4 is 10.1 Å². The van der Waals surface area contributed by atoms with Crippen molar-refractivity contribution in [2.24, 2.45) is 4.99 Å². The highest BCUT2D eigenvalue weighted by molar-refractivity contribution is 8.14. The molecule has 2 atom stereocenters. The minimum absolute atomic E-state index is 0.0812. The highest BCUT2D eigenvalue weighted by Crippen LogP contribution is 2.31.